The molecule has 0 aliphatic heterocycles. The van der Waals surface area contributed by atoms with E-state index in [1.54, 1.807) is 0 Å². The molecule has 0 saturated heterocycles. The van der Waals surface area contributed by atoms with Crippen molar-refractivity contribution < 1.29 is 19.1 Å². The Morgan fingerprint density at radius 2 is 0.700 bits per heavy atom. The highest BCUT2D eigenvalue weighted by atomic mass is 16.5. The van der Waals surface area contributed by atoms with Crippen molar-refractivity contribution >= 4 is 11.9 Å². The minimum atomic E-state index is 0.0125. The maximum atomic E-state index is 12.2. The molecule has 5 nitrogen and oxygen atoms in total. The first-order chi connectivity index (χ1) is 24.5. The molecule has 0 aliphatic rings. The number of hydrogen-bond acceptors (Lipinski definition) is 5. The summed E-state index contributed by atoms with van der Waals surface area (Å²) in [6, 6.07) is 0. The quantitative estimate of drug-likeness (QED) is 0.0507. The van der Waals surface area contributed by atoms with Gasteiger partial charge in [0, 0.05) is 12.8 Å². The van der Waals surface area contributed by atoms with Crippen molar-refractivity contribution in [2.24, 2.45) is 17.8 Å². The SMILES string of the molecule is CCCCC(CCCC)CCOC(=O)CCCCCCCCCC(CCCCCCCCCC(=O)OCCC(CCCC)CCCC)CNC. The number of hydrogen-bond donors (Lipinski definition) is 1. The van der Waals surface area contributed by atoms with E-state index in [-0.39, 0.29) is 11.9 Å². The molecule has 298 valence electrons. The molecule has 0 radical (unpaired) electrons. The number of esters is 2. The molecule has 0 aromatic rings. The van der Waals surface area contributed by atoms with Crippen LogP contribution in [0.5, 0.6) is 0 Å². The first-order valence-corrected chi connectivity index (χ1v) is 22.5. The van der Waals surface area contributed by atoms with Crippen molar-refractivity contribution in [3.8, 4) is 0 Å². The van der Waals surface area contributed by atoms with Gasteiger partial charge in [-0.2, -0.15) is 0 Å². The van der Waals surface area contributed by atoms with Gasteiger partial charge in [-0.05, 0) is 69.9 Å². The third-order valence-electron chi connectivity index (χ3n) is 10.9. The van der Waals surface area contributed by atoms with Gasteiger partial charge in [0.05, 0.1) is 13.2 Å². The lowest BCUT2D eigenvalue weighted by molar-refractivity contribution is -0.145. The average Bonchev–Trinajstić information content (AvgIpc) is 3.11. The van der Waals surface area contributed by atoms with Crippen molar-refractivity contribution in [2.45, 2.75) is 233 Å². The standard InChI is InChI=1S/C45H89NO4/c1-6-10-28-41(29-11-7-2)36-38-49-44(47)34-26-22-18-14-16-20-24-32-43(40-46-5)33-25-21-17-15-19-23-27-35-45(48)50-39-37-42(30-12-8-3)31-13-9-4/h41-43,46H,6-40H2,1-5H3. The smallest absolute Gasteiger partial charge is 0.305 e. The Hall–Kier alpha value is -1.10. The third-order valence-corrected chi connectivity index (χ3v) is 10.9. The Balaban J connectivity index is 3.72. The van der Waals surface area contributed by atoms with Gasteiger partial charge in [-0.3, -0.25) is 9.59 Å². The molecule has 0 rings (SSSR count). The Morgan fingerprint density at radius 3 is 1.02 bits per heavy atom. The second-order valence-corrected chi connectivity index (χ2v) is 15.8. The average molecular weight is 708 g/mol. The van der Waals surface area contributed by atoms with E-state index in [4.69, 9.17) is 9.47 Å². The third kappa shape index (κ3) is 34.0. The fourth-order valence-corrected chi connectivity index (χ4v) is 7.47. The van der Waals surface area contributed by atoms with Gasteiger partial charge in [0.2, 0.25) is 0 Å². The lowest BCUT2D eigenvalue weighted by Gasteiger charge is -2.16. The molecule has 0 spiro atoms. The molecular formula is C45H89NO4. The molecule has 50 heavy (non-hydrogen) atoms. The van der Waals surface area contributed by atoms with E-state index in [9.17, 15) is 9.59 Å². The zero-order valence-electron chi connectivity index (χ0n) is 34.6. The molecular weight excluding hydrogens is 618 g/mol. The molecule has 1 N–H and O–H groups in total. The van der Waals surface area contributed by atoms with Crippen molar-refractivity contribution in [1.29, 1.82) is 0 Å². The van der Waals surface area contributed by atoms with E-state index in [1.807, 2.05) is 0 Å². The maximum absolute atomic E-state index is 12.2. The fraction of sp³-hybridized carbons (Fsp3) is 0.956. The van der Waals surface area contributed by atoms with Crippen molar-refractivity contribution in [3.05, 3.63) is 0 Å². The second-order valence-electron chi connectivity index (χ2n) is 15.8. The molecule has 0 amide bonds. The summed E-state index contributed by atoms with van der Waals surface area (Å²) in [4.78, 5) is 24.3. The fourth-order valence-electron chi connectivity index (χ4n) is 7.47. The zero-order valence-corrected chi connectivity index (χ0v) is 34.6. The van der Waals surface area contributed by atoms with E-state index in [0.717, 1.165) is 62.8 Å². The van der Waals surface area contributed by atoms with E-state index < -0.39 is 0 Å². The minimum absolute atomic E-state index is 0.0125. The molecule has 0 bridgehead atoms. The van der Waals surface area contributed by atoms with Gasteiger partial charge in [0.1, 0.15) is 0 Å². The highest BCUT2D eigenvalue weighted by Crippen LogP contribution is 2.22. The number of ether oxygens (including phenoxy) is 2. The topological polar surface area (TPSA) is 64.6 Å². The van der Waals surface area contributed by atoms with Gasteiger partial charge < -0.3 is 14.8 Å². The molecule has 0 aliphatic carbocycles. The molecule has 0 unspecified atom stereocenters. The van der Waals surface area contributed by atoms with Crippen LogP contribution in [0.15, 0.2) is 0 Å². The molecule has 0 atom stereocenters. The Labute approximate surface area is 313 Å². The Morgan fingerprint density at radius 1 is 0.400 bits per heavy atom. The van der Waals surface area contributed by atoms with Crippen LogP contribution in [0.1, 0.15) is 233 Å². The minimum Gasteiger partial charge on any atom is -0.466 e. The number of nitrogens with one attached hydrogen (secondary N) is 1. The van der Waals surface area contributed by atoms with Crippen LogP contribution in [0.3, 0.4) is 0 Å². The number of rotatable bonds is 40. The molecule has 5 heteroatoms. The molecule has 0 saturated carbocycles. The lowest BCUT2D eigenvalue weighted by atomic mass is 9.93. The van der Waals surface area contributed by atoms with Crippen LogP contribution in [0, 0.1) is 17.8 Å². The summed E-state index contributed by atoms with van der Waals surface area (Å²) in [7, 11) is 2.09. The molecule has 0 fully saturated rings. The van der Waals surface area contributed by atoms with Gasteiger partial charge in [0.15, 0.2) is 0 Å². The Bertz CT molecular complexity index is 641. The van der Waals surface area contributed by atoms with Crippen LogP contribution in [0.2, 0.25) is 0 Å². The summed E-state index contributed by atoms with van der Waals surface area (Å²) < 4.78 is 11.1. The van der Waals surface area contributed by atoms with Crippen molar-refractivity contribution in [1.82, 2.24) is 5.32 Å². The number of carbonyl (C=O) groups is 2. The second kappa shape index (κ2) is 39.1. The van der Waals surface area contributed by atoms with Gasteiger partial charge in [0.25, 0.3) is 0 Å². The summed E-state index contributed by atoms with van der Waals surface area (Å²) in [6.45, 7) is 11.4. The van der Waals surface area contributed by atoms with Crippen LogP contribution >= 0.6 is 0 Å². The molecule has 0 heterocycles. The molecule has 0 aromatic carbocycles. The van der Waals surface area contributed by atoms with E-state index >= 15 is 0 Å². The lowest BCUT2D eigenvalue weighted by Crippen LogP contribution is -2.18. The summed E-state index contributed by atoms with van der Waals surface area (Å²) in [5, 5.41) is 3.43. The van der Waals surface area contributed by atoms with Crippen LogP contribution in [0.4, 0.5) is 0 Å². The monoisotopic (exact) mass is 708 g/mol. The van der Waals surface area contributed by atoms with Crippen molar-refractivity contribution in [3.63, 3.8) is 0 Å². The predicted octanol–water partition coefficient (Wildman–Crippen LogP) is 13.7. The van der Waals surface area contributed by atoms with E-state index in [0.29, 0.717) is 26.1 Å². The van der Waals surface area contributed by atoms with E-state index in [2.05, 4.69) is 40.1 Å². The van der Waals surface area contributed by atoms with Gasteiger partial charge in [-0.15, -0.1) is 0 Å². The first kappa shape index (κ1) is 48.9. The van der Waals surface area contributed by atoms with Crippen molar-refractivity contribution in [2.75, 3.05) is 26.8 Å². The van der Waals surface area contributed by atoms with Crippen LogP contribution in [0.25, 0.3) is 0 Å². The first-order valence-electron chi connectivity index (χ1n) is 22.5. The highest BCUT2D eigenvalue weighted by molar-refractivity contribution is 5.69. The van der Waals surface area contributed by atoms with Gasteiger partial charge in [-0.1, -0.05) is 182 Å². The highest BCUT2D eigenvalue weighted by Gasteiger charge is 2.12. The predicted molar refractivity (Wildman–Crippen MR) is 217 cm³/mol. The van der Waals surface area contributed by atoms with Gasteiger partial charge in [-0.25, -0.2) is 0 Å². The Kier molecular flexibility index (Phi) is 38.3. The molecule has 0 aromatic heterocycles. The van der Waals surface area contributed by atoms with Crippen LogP contribution in [-0.2, 0) is 19.1 Å². The number of carbonyl (C=O) groups excluding carboxylic acids is 2. The number of unbranched alkanes of at least 4 members (excludes halogenated alkanes) is 16. The summed E-state index contributed by atoms with van der Waals surface area (Å²) in [5.74, 6) is 2.29. The van der Waals surface area contributed by atoms with Crippen LogP contribution < -0.4 is 5.32 Å². The summed E-state index contributed by atoms with van der Waals surface area (Å²) >= 11 is 0. The normalized spacial score (nSPS) is 11.7. The zero-order chi connectivity index (χ0) is 36.8. The summed E-state index contributed by atoms with van der Waals surface area (Å²) in [6.07, 6.45) is 38.6. The van der Waals surface area contributed by atoms with Gasteiger partial charge >= 0.3 is 11.9 Å². The summed E-state index contributed by atoms with van der Waals surface area (Å²) in [5.41, 5.74) is 0. The van der Waals surface area contributed by atoms with Crippen LogP contribution in [-0.4, -0.2) is 38.7 Å². The van der Waals surface area contributed by atoms with E-state index in [1.165, 1.54) is 154 Å². The largest absolute Gasteiger partial charge is 0.466 e. The maximum Gasteiger partial charge on any atom is 0.305 e.